The highest BCUT2D eigenvalue weighted by molar-refractivity contribution is 6.30. The third kappa shape index (κ3) is 8.12. The number of ether oxygens (including phenoxy) is 1. The fourth-order valence-corrected chi connectivity index (χ4v) is 4.91. The molecule has 4 N–H and O–H groups in total. The summed E-state index contributed by atoms with van der Waals surface area (Å²) >= 11 is 6.14. The van der Waals surface area contributed by atoms with Crippen molar-refractivity contribution < 1.29 is 27.5 Å². The Bertz CT molecular complexity index is 1450. The number of nitrogens with one attached hydrogen (secondary N) is 2. The molecule has 1 atom stereocenters. The molecule has 0 radical (unpaired) electrons. The van der Waals surface area contributed by atoms with Gasteiger partial charge in [0.15, 0.2) is 0 Å². The van der Waals surface area contributed by atoms with E-state index in [9.17, 15) is 18.4 Å². The van der Waals surface area contributed by atoms with Gasteiger partial charge in [0.05, 0.1) is 23.5 Å². The van der Waals surface area contributed by atoms with Crippen LogP contribution in [-0.4, -0.2) is 40.0 Å². The number of benzene rings is 2. The number of alkyl halides is 2. The van der Waals surface area contributed by atoms with Gasteiger partial charge in [0.25, 0.3) is 5.91 Å². The summed E-state index contributed by atoms with van der Waals surface area (Å²) in [6.07, 6.45) is 0.834. The number of carbonyl (C=O) groups excluding carboxylic acids is 2. The summed E-state index contributed by atoms with van der Waals surface area (Å²) in [5.41, 5.74) is 6.65. The Morgan fingerprint density at radius 3 is 2.52 bits per heavy atom. The number of rotatable bonds is 7. The van der Waals surface area contributed by atoms with E-state index in [1.165, 1.54) is 18.3 Å². The summed E-state index contributed by atoms with van der Waals surface area (Å²) in [6.45, 7) is 5.12. The maximum atomic E-state index is 15.3. The topological polar surface area (TPSA) is 119 Å². The van der Waals surface area contributed by atoms with E-state index in [0.29, 0.717) is 16.3 Å². The third-order valence-corrected chi connectivity index (χ3v) is 7.08. The molecule has 42 heavy (non-hydrogen) atoms. The van der Waals surface area contributed by atoms with Crippen molar-refractivity contribution in [2.45, 2.75) is 69.9 Å². The molecule has 1 heterocycles. The molecule has 1 fully saturated rings. The van der Waals surface area contributed by atoms with E-state index in [-0.39, 0.29) is 60.8 Å². The Balaban J connectivity index is 1.53. The number of nitrogens with zero attached hydrogens (tertiary/aromatic N) is 2. The van der Waals surface area contributed by atoms with Crippen LogP contribution in [0.25, 0.3) is 11.3 Å². The highest BCUT2D eigenvalue weighted by atomic mass is 35.5. The van der Waals surface area contributed by atoms with E-state index in [0.717, 1.165) is 6.07 Å². The largest absolute Gasteiger partial charge is 0.444 e. The van der Waals surface area contributed by atoms with Crippen LogP contribution >= 0.6 is 11.6 Å². The Hall–Kier alpha value is -3.86. The second-order valence-corrected chi connectivity index (χ2v) is 11.8. The number of hydrogen-bond donors (Lipinski definition) is 3. The number of alkyl carbamates (subject to hydrolysis) is 1. The molecule has 0 saturated heterocycles. The van der Waals surface area contributed by atoms with Crippen molar-refractivity contribution >= 4 is 29.4 Å². The van der Waals surface area contributed by atoms with Crippen LogP contribution in [0.3, 0.4) is 0 Å². The monoisotopic (exact) mass is 603 g/mol. The number of amides is 2. The normalized spacial score (nSPS) is 16.0. The van der Waals surface area contributed by atoms with Gasteiger partial charge in [-0.05, 0) is 63.4 Å². The maximum absolute atomic E-state index is 15.3. The minimum absolute atomic E-state index is 0.0470. The SMILES string of the molecule is CC(C)(C)OC(=O)NC[C@@H](NC(=O)c1ccc(-c2nc(C3CCC(F)(F)CC3)cnc2N)cc1F)c1cccc(Cl)c1. The van der Waals surface area contributed by atoms with Crippen molar-refractivity contribution in [2.24, 2.45) is 0 Å². The smallest absolute Gasteiger partial charge is 0.407 e. The molecule has 2 aromatic carbocycles. The van der Waals surface area contributed by atoms with E-state index >= 15 is 4.39 Å². The van der Waals surface area contributed by atoms with Crippen molar-refractivity contribution in [3.63, 3.8) is 0 Å². The Kier molecular flexibility index (Phi) is 9.30. The lowest BCUT2D eigenvalue weighted by Crippen LogP contribution is -2.40. The molecule has 8 nitrogen and oxygen atoms in total. The van der Waals surface area contributed by atoms with Crippen LogP contribution in [0.2, 0.25) is 5.02 Å². The van der Waals surface area contributed by atoms with Crippen molar-refractivity contribution in [3.05, 3.63) is 76.3 Å². The third-order valence-electron chi connectivity index (χ3n) is 6.85. The minimum Gasteiger partial charge on any atom is -0.444 e. The number of halogens is 4. The number of nitrogens with two attached hydrogens (primary N) is 1. The van der Waals surface area contributed by atoms with Gasteiger partial charge in [0, 0.05) is 35.9 Å². The summed E-state index contributed by atoms with van der Waals surface area (Å²) in [7, 11) is 0. The zero-order chi connectivity index (χ0) is 30.7. The molecule has 0 bridgehead atoms. The molecule has 4 rings (SSSR count). The standard InChI is InChI=1S/C30H33ClF3N5O3/c1-29(2,3)42-28(41)37-16-24(18-5-4-6-20(31)13-18)39-27(40)21-8-7-19(14-22(21)32)25-26(35)36-15-23(38-25)17-9-11-30(33,34)12-10-17/h4-8,13-15,17,24H,9-12,16H2,1-3H3,(H2,35,36)(H,37,41)(H,39,40)/t24-/m1/s1. The molecule has 1 aromatic heterocycles. The lowest BCUT2D eigenvalue weighted by molar-refractivity contribution is -0.0385. The molecule has 3 aromatic rings. The molecule has 1 saturated carbocycles. The fourth-order valence-electron chi connectivity index (χ4n) is 4.71. The average molecular weight is 604 g/mol. The summed E-state index contributed by atoms with van der Waals surface area (Å²) in [6, 6.07) is 9.86. The first-order chi connectivity index (χ1) is 19.7. The summed E-state index contributed by atoms with van der Waals surface area (Å²) < 4.78 is 47.8. The Morgan fingerprint density at radius 1 is 1.17 bits per heavy atom. The van der Waals surface area contributed by atoms with E-state index in [2.05, 4.69) is 20.6 Å². The van der Waals surface area contributed by atoms with Gasteiger partial charge in [-0.2, -0.15) is 0 Å². The lowest BCUT2D eigenvalue weighted by atomic mass is 9.85. The summed E-state index contributed by atoms with van der Waals surface area (Å²) in [4.78, 5) is 34.1. The van der Waals surface area contributed by atoms with Crippen molar-refractivity contribution in [1.29, 1.82) is 0 Å². The van der Waals surface area contributed by atoms with Crippen molar-refractivity contribution in [3.8, 4) is 11.3 Å². The molecule has 224 valence electrons. The summed E-state index contributed by atoms with van der Waals surface area (Å²) in [5.74, 6) is -4.41. The molecular weight excluding hydrogens is 571 g/mol. The first-order valence-electron chi connectivity index (χ1n) is 13.5. The van der Waals surface area contributed by atoms with Gasteiger partial charge >= 0.3 is 6.09 Å². The van der Waals surface area contributed by atoms with Crippen molar-refractivity contribution in [1.82, 2.24) is 20.6 Å². The second-order valence-electron chi connectivity index (χ2n) is 11.3. The van der Waals surface area contributed by atoms with Gasteiger partial charge < -0.3 is 21.1 Å². The summed E-state index contributed by atoms with van der Waals surface area (Å²) in [5, 5.41) is 5.78. The van der Waals surface area contributed by atoms with Gasteiger partial charge in [-0.3, -0.25) is 4.79 Å². The quantitative estimate of drug-likeness (QED) is 0.273. The molecular formula is C30H33ClF3N5O3. The predicted octanol–water partition coefficient (Wildman–Crippen LogP) is 6.81. The Morgan fingerprint density at radius 2 is 1.88 bits per heavy atom. The van der Waals surface area contributed by atoms with E-state index in [4.69, 9.17) is 22.1 Å². The van der Waals surface area contributed by atoms with Crippen LogP contribution in [0, 0.1) is 5.82 Å². The van der Waals surface area contributed by atoms with Gasteiger partial charge in [-0.25, -0.2) is 27.9 Å². The van der Waals surface area contributed by atoms with Gasteiger partial charge in [-0.15, -0.1) is 0 Å². The first-order valence-corrected chi connectivity index (χ1v) is 13.9. The number of anilines is 1. The predicted molar refractivity (Wildman–Crippen MR) is 154 cm³/mol. The van der Waals surface area contributed by atoms with Crippen LogP contribution in [0.1, 0.15) is 80.0 Å². The van der Waals surface area contributed by atoms with Gasteiger partial charge in [0.1, 0.15) is 22.9 Å². The minimum atomic E-state index is -2.68. The first kappa shape index (κ1) is 31.1. The molecule has 2 amide bonds. The number of aromatic nitrogens is 2. The van der Waals surface area contributed by atoms with Crippen LogP contribution in [-0.2, 0) is 4.74 Å². The van der Waals surface area contributed by atoms with Gasteiger partial charge in [-0.1, -0.05) is 29.8 Å². The van der Waals surface area contributed by atoms with Crippen LogP contribution in [0.5, 0.6) is 0 Å². The molecule has 0 spiro atoms. The number of hydrogen-bond acceptors (Lipinski definition) is 6. The van der Waals surface area contributed by atoms with E-state index in [1.54, 1.807) is 45.0 Å². The molecule has 0 unspecified atom stereocenters. The average Bonchev–Trinajstić information content (AvgIpc) is 2.90. The number of carbonyl (C=O) groups is 2. The second kappa shape index (κ2) is 12.6. The van der Waals surface area contributed by atoms with Crippen LogP contribution < -0.4 is 16.4 Å². The zero-order valence-electron chi connectivity index (χ0n) is 23.5. The molecule has 1 aliphatic carbocycles. The molecule has 12 heteroatoms. The van der Waals surface area contributed by atoms with Crippen LogP contribution in [0.15, 0.2) is 48.7 Å². The van der Waals surface area contributed by atoms with Gasteiger partial charge in [0.2, 0.25) is 5.92 Å². The highest BCUT2D eigenvalue weighted by Crippen LogP contribution is 2.41. The van der Waals surface area contributed by atoms with E-state index in [1.807, 2.05) is 0 Å². The Labute approximate surface area is 247 Å². The maximum Gasteiger partial charge on any atom is 0.407 e. The van der Waals surface area contributed by atoms with Crippen LogP contribution in [0.4, 0.5) is 23.8 Å². The van der Waals surface area contributed by atoms with E-state index < -0.39 is 35.4 Å². The number of nitrogen functional groups attached to an aromatic ring is 1. The lowest BCUT2D eigenvalue weighted by Gasteiger charge is -2.27. The van der Waals surface area contributed by atoms with Crippen molar-refractivity contribution in [2.75, 3.05) is 12.3 Å². The molecule has 0 aliphatic heterocycles. The fraction of sp³-hybridized carbons (Fsp3) is 0.400. The molecule has 1 aliphatic rings. The zero-order valence-corrected chi connectivity index (χ0v) is 24.3. The highest BCUT2D eigenvalue weighted by Gasteiger charge is 2.36.